The minimum absolute atomic E-state index is 0.0365. The van der Waals surface area contributed by atoms with Crippen LogP contribution in [0, 0.1) is 5.92 Å². The number of benzene rings is 1. The minimum atomic E-state index is -4.58. The van der Waals surface area contributed by atoms with Crippen LogP contribution < -0.4 is 15.4 Å². The molecule has 6 rings (SSSR count). The molecule has 2 amide bonds. The van der Waals surface area contributed by atoms with Crippen molar-refractivity contribution in [2.24, 2.45) is 5.92 Å². The van der Waals surface area contributed by atoms with Crippen molar-refractivity contribution in [1.82, 2.24) is 15.3 Å². The number of fused-ring (bicyclic) bond motifs is 2. The van der Waals surface area contributed by atoms with Gasteiger partial charge >= 0.3 is 6.18 Å². The fourth-order valence-corrected chi connectivity index (χ4v) is 4.95. The summed E-state index contributed by atoms with van der Waals surface area (Å²) in [6.07, 6.45) is -0.623. The molecule has 3 heterocycles. The van der Waals surface area contributed by atoms with Crippen molar-refractivity contribution in [2.45, 2.75) is 36.9 Å². The number of nitrogens with one attached hydrogen (secondary N) is 2. The van der Waals surface area contributed by atoms with Gasteiger partial charge in [-0.1, -0.05) is 0 Å². The van der Waals surface area contributed by atoms with Crippen molar-refractivity contribution in [1.29, 1.82) is 0 Å². The first-order valence-corrected chi connectivity index (χ1v) is 11.3. The van der Waals surface area contributed by atoms with Crippen LogP contribution in [0.3, 0.4) is 0 Å². The number of halogens is 3. The Hall–Kier alpha value is -4.15. The van der Waals surface area contributed by atoms with Gasteiger partial charge in [0.25, 0.3) is 5.91 Å². The molecule has 0 bridgehead atoms. The number of anilines is 1. The number of aromatic hydroxyl groups is 1. The summed E-state index contributed by atoms with van der Waals surface area (Å²) in [5.74, 6) is 0.559. The van der Waals surface area contributed by atoms with Gasteiger partial charge in [0.15, 0.2) is 0 Å². The van der Waals surface area contributed by atoms with E-state index >= 15 is 0 Å². The van der Waals surface area contributed by atoms with E-state index in [1.54, 1.807) is 18.2 Å². The molecule has 2 aromatic heterocycles. The summed E-state index contributed by atoms with van der Waals surface area (Å²) in [6, 6.07) is 8.04. The van der Waals surface area contributed by atoms with Gasteiger partial charge in [0, 0.05) is 35.9 Å². The summed E-state index contributed by atoms with van der Waals surface area (Å²) in [6.45, 7) is 0. The van der Waals surface area contributed by atoms with E-state index in [-0.39, 0.29) is 29.2 Å². The fraction of sp³-hybridized carbons (Fsp3) is 0.280. The number of phenols is 1. The molecular weight excluding hydrogens is 477 g/mol. The lowest BCUT2D eigenvalue weighted by Crippen LogP contribution is -2.33. The Kier molecular flexibility index (Phi) is 4.76. The summed E-state index contributed by atoms with van der Waals surface area (Å²) in [4.78, 5) is 32.3. The van der Waals surface area contributed by atoms with E-state index in [0.29, 0.717) is 42.1 Å². The number of phenolic OH excluding ortho intramolecular Hbond substituents is 1. The molecule has 184 valence electrons. The Morgan fingerprint density at radius 2 is 1.94 bits per heavy atom. The average Bonchev–Trinajstić information content (AvgIpc) is 3.70. The third kappa shape index (κ3) is 3.71. The van der Waals surface area contributed by atoms with Crippen molar-refractivity contribution in [3.63, 3.8) is 0 Å². The second kappa shape index (κ2) is 7.67. The Morgan fingerprint density at radius 1 is 1.14 bits per heavy atom. The SMILES string of the molecule is O=C1CCc2c(Oc3ccc(O)c([C@@H]4[C@@H]5C[C@@]45NC(=O)c4cc(C(F)(F)F)ccn4)c3)ccnc2N1. The molecule has 3 atom stereocenters. The van der Waals surface area contributed by atoms with Crippen LogP contribution in [0.25, 0.3) is 0 Å². The molecule has 3 aromatic rings. The summed E-state index contributed by atoms with van der Waals surface area (Å²) >= 11 is 0. The number of amides is 2. The third-order valence-electron chi connectivity index (χ3n) is 7.01. The summed E-state index contributed by atoms with van der Waals surface area (Å²) in [5.41, 5.74) is -0.523. The number of ether oxygens (including phenoxy) is 1. The normalized spacial score (nSPS) is 23.7. The van der Waals surface area contributed by atoms with Crippen molar-refractivity contribution in [3.8, 4) is 17.2 Å². The lowest BCUT2D eigenvalue weighted by Gasteiger charge is -2.20. The number of hydrogen-bond acceptors (Lipinski definition) is 6. The summed E-state index contributed by atoms with van der Waals surface area (Å²) < 4.78 is 45.1. The molecule has 2 aliphatic carbocycles. The molecule has 1 aliphatic heterocycles. The highest BCUT2D eigenvalue weighted by Gasteiger charge is 2.80. The van der Waals surface area contributed by atoms with Crippen LogP contribution in [0.15, 0.2) is 48.8 Å². The number of rotatable bonds is 5. The predicted molar refractivity (Wildman–Crippen MR) is 120 cm³/mol. The number of aromatic nitrogens is 2. The van der Waals surface area contributed by atoms with E-state index in [1.165, 1.54) is 12.3 Å². The van der Waals surface area contributed by atoms with Crippen LogP contribution >= 0.6 is 0 Å². The average molecular weight is 496 g/mol. The van der Waals surface area contributed by atoms with E-state index in [2.05, 4.69) is 20.6 Å². The number of nitrogens with zero attached hydrogens (tertiary/aromatic N) is 2. The van der Waals surface area contributed by atoms with Crippen LogP contribution in [0.2, 0.25) is 0 Å². The van der Waals surface area contributed by atoms with Crippen molar-refractivity contribution in [3.05, 3.63) is 71.2 Å². The van der Waals surface area contributed by atoms with Gasteiger partial charge in [0.05, 0.1) is 11.1 Å². The van der Waals surface area contributed by atoms with Gasteiger partial charge in [-0.2, -0.15) is 13.2 Å². The highest BCUT2D eigenvalue weighted by Crippen LogP contribution is 2.77. The molecule has 2 fully saturated rings. The molecule has 0 spiro atoms. The van der Waals surface area contributed by atoms with E-state index in [0.717, 1.165) is 23.9 Å². The second-order valence-electron chi connectivity index (χ2n) is 9.22. The minimum Gasteiger partial charge on any atom is -0.508 e. The molecule has 0 saturated heterocycles. The van der Waals surface area contributed by atoms with Crippen LogP contribution in [0.4, 0.5) is 19.0 Å². The maximum Gasteiger partial charge on any atom is 0.416 e. The van der Waals surface area contributed by atoms with Crippen LogP contribution in [0.1, 0.15) is 45.9 Å². The van der Waals surface area contributed by atoms with Gasteiger partial charge in [-0.15, -0.1) is 0 Å². The lowest BCUT2D eigenvalue weighted by atomic mass is 9.99. The molecule has 3 N–H and O–H groups in total. The number of pyridine rings is 2. The number of alkyl halides is 3. The molecule has 1 aromatic carbocycles. The van der Waals surface area contributed by atoms with Crippen molar-refractivity contribution < 1.29 is 32.6 Å². The Labute approximate surface area is 202 Å². The summed E-state index contributed by atoms with van der Waals surface area (Å²) in [5, 5.41) is 16.0. The maximum atomic E-state index is 13.0. The molecule has 36 heavy (non-hydrogen) atoms. The molecule has 2 saturated carbocycles. The first-order valence-electron chi connectivity index (χ1n) is 11.3. The lowest BCUT2D eigenvalue weighted by molar-refractivity contribution is -0.137. The smallest absolute Gasteiger partial charge is 0.416 e. The molecule has 8 nitrogen and oxygen atoms in total. The zero-order valence-corrected chi connectivity index (χ0v) is 18.6. The van der Waals surface area contributed by atoms with Crippen LogP contribution in [-0.4, -0.2) is 32.4 Å². The zero-order valence-electron chi connectivity index (χ0n) is 18.6. The molecule has 0 radical (unpaired) electrons. The molecule has 3 aliphatic rings. The maximum absolute atomic E-state index is 13.0. The van der Waals surface area contributed by atoms with E-state index in [4.69, 9.17) is 4.74 Å². The molecule has 11 heteroatoms. The number of carbonyl (C=O) groups excluding carboxylic acids is 2. The van der Waals surface area contributed by atoms with Gasteiger partial charge in [0.2, 0.25) is 5.91 Å². The van der Waals surface area contributed by atoms with Crippen molar-refractivity contribution >= 4 is 17.6 Å². The Balaban J connectivity index is 1.20. The Bertz CT molecular complexity index is 1430. The molecular formula is C25H19F3N4O4. The second-order valence-corrected chi connectivity index (χ2v) is 9.22. The van der Waals surface area contributed by atoms with E-state index in [1.807, 2.05) is 0 Å². The van der Waals surface area contributed by atoms with Gasteiger partial charge in [-0.05, 0) is 55.2 Å². The molecule has 0 unspecified atom stereocenters. The van der Waals surface area contributed by atoms with Gasteiger partial charge in [-0.25, -0.2) is 4.98 Å². The Morgan fingerprint density at radius 3 is 2.72 bits per heavy atom. The monoisotopic (exact) mass is 496 g/mol. The zero-order chi connectivity index (χ0) is 25.2. The van der Waals surface area contributed by atoms with Gasteiger partial charge < -0.3 is 20.5 Å². The highest BCUT2D eigenvalue weighted by atomic mass is 19.4. The van der Waals surface area contributed by atoms with Crippen LogP contribution in [-0.2, 0) is 17.4 Å². The quantitative estimate of drug-likeness (QED) is 0.489. The van der Waals surface area contributed by atoms with Crippen LogP contribution in [0.5, 0.6) is 17.2 Å². The predicted octanol–water partition coefficient (Wildman–Crippen LogP) is 4.16. The summed E-state index contributed by atoms with van der Waals surface area (Å²) in [7, 11) is 0. The largest absolute Gasteiger partial charge is 0.508 e. The number of hydrogen-bond donors (Lipinski definition) is 3. The third-order valence-corrected chi connectivity index (χ3v) is 7.01. The first kappa shape index (κ1) is 22.3. The van der Waals surface area contributed by atoms with Gasteiger partial charge in [-0.3, -0.25) is 14.6 Å². The first-order chi connectivity index (χ1) is 17.2. The topological polar surface area (TPSA) is 113 Å². The highest BCUT2D eigenvalue weighted by molar-refractivity contribution is 5.94. The number of carbonyl (C=O) groups is 2. The van der Waals surface area contributed by atoms with Crippen molar-refractivity contribution in [2.75, 3.05) is 5.32 Å². The van der Waals surface area contributed by atoms with E-state index < -0.39 is 23.2 Å². The fourth-order valence-electron chi connectivity index (χ4n) is 4.95. The van der Waals surface area contributed by atoms with E-state index in [9.17, 15) is 27.9 Å². The van der Waals surface area contributed by atoms with Gasteiger partial charge in [0.1, 0.15) is 28.8 Å². The standard InChI is InChI=1S/C25H19F3N4O4/c26-25(27,28)12-5-7-29-17(9-12)23(35)32-24-11-16(24)21(24)15-10-13(1-3-18(15)33)36-19-6-8-30-22-14(19)2-4-20(34)31-22/h1,3,5-10,16,21,33H,2,4,11H2,(H,32,35)(H,30,31,34)/t16-,21+,24-/m0/s1.